The Morgan fingerprint density at radius 3 is 2.28 bits per heavy atom. The van der Waals surface area contributed by atoms with Gasteiger partial charge in [0.2, 0.25) is 0 Å². The van der Waals surface area contributed by atoms with Gasteiger partial charge in [-0.05, 0) is 88.6 Å². The molecule has 3 heterocycles. The first-order valence-electron chi connectivity index (χ1n) is 11.4. The van der Waals surface area contributed by atoms with Crippen LogP contribution in [0.1, 0.15) is 47.5 Å². The molecular weight excluding hydrogens is 468 g/mol. The molecule has 4 rings (SSSR count). The first-order chi connectivity index (χ1) is 15.2. The topological polar surface area (TPSA) is 74.4 Å². The molecule has 7 heteroatoms. The number of piperidine rings is 1. The van der Waals surface area contributed by atoms with Gasteiger partial charge in [0.15, 0.2) is 5.65 Å². The highest BCUT2D eigenvalue weighted by molar-refractivity contribution is 9.10. The number of aromatic nitrogens is 3. The summed E-state index contributed by atoms with van der Waals surface area (Å²) in [5.41, 5.74) is 6.93. The van der Waals surface area contributed by atoms with E-state index in [-0.39, 0.29) is 12.5 Å². The van der Waals surface area contributed by atoms with Gasteiger partial charge in [-0.1, -0.05) is 15.9 Å². The second-order valence-corrected chi connectivity index (χ2v) is 10.0. The normalized spacial score (nSPS) is 16.2. The van der Waals surface area contributed by atoms with Crippen molar-refractivity contribution in [3.63, 3.8) is 0 Å². The van der Waals surface area contributed by atoms with Crippen LogP contribution in [-0.4, -0.2) is 50.5 Å². The highest BCUT2D eigenvalue weighted by Crippen LogP contribution is 2.37. The Bertz CT molecular complexity index is 1130. The molecule has 1 aliphatic rings. The Hall–Kier alpha value is -1.96. The monoisotopic (exact) mass is 500 g/mol. The Kier molecular flexibility index (Phi) is 6.61. The number of nitrogens with zero attached hydrogens (tertiary/aromatic N) is 4. The van der Waals surface area contributed by atoms with Crippen LogP contribution < -0.4 is 4.90 Å². The maximum atomic E-state index is 10.3. The fourth-order valence-electron chi connectivity index (χ4n) is 5.17. The molecule has 32 heavy (non-hydrogen) atoms. The molecule has 1 atom stereocenters. The van der Waals surface area contributed by atoms with Crippen molar-refractivity contribution in [1.29, 1.82) is 0 Å². The molecule has 0 radical (unpaired) electrons. The molecule has 1 saturated heterocycles. The summed E-state index contributed by atoms with van der Waals surface area (Å²) in [5, 5.41) is 20.6. The minimum Gasteiger partial charge on any atom is -0.396 e. The lowest BCUT2D eigenvalue weighted by Crippen LogP contribution is -2.38. The third-order valence-corrected chi connectivity index (χ3v) is 7.39. The standard InChI is InChI=1S/C25H33BrN4O2/c1-14-12-20(26)13-15(2)23(14)30-17(4)16(3)22-24(27-18(5)28-25(22)30)29-9-6-19(7-10-29)21(32)8-11-31/h12-13,19,21,31-32H,6-11H2,1-5H3. The van der Waals surface area contributed by atoms with Crippen molar-refractivity contribution in [3.05, 3.63) is 44.8 Å². The van der Waals surface area contributed by atoms with E-state index < -0.39 is 6.10 Å². The first kappa shape index (κ1) is 23.2. The van der Waals surface area contributed by atoms with E-state index in [1.54, 1.807) is 0 Å². The van der Waals surface area contributed by atoms with Crippen molar-refractivity contribution in [1.82, 2.24) is 14.5 Å². The fourth-order valence-corrected chi connectivity index (χ4v) is 5.86. The highest BCUT2D eigenvalue weighted by atomic mass is 79.9. The molecular formula is C25H33BrN4O2. The third-order valence-electron chi connectivity index (χ3n) is 6.94. The van der Waals surface area contributed by atoms with E-state index in [1.165, 1.54) is 28.1 Å². The van der Waals surface area contributed by atoms with Gasteiger partial charge in [-0.2, -0.15) is 0 Å². The lowest BCUT2D eigenvalue weighted by atomic mass is 9.89. The van der Waals surface area contributed by atoms with Crippen molar-refractivity contribution in [2.24, 2.45) is 5.92 Å². The number of aryl methyl sites for hydroxylation is 4. The molecule has 2 N–H and O–H groups in total. The Morgan fingerprint density at radius 2 is 1.69 bits per heavy atom. The van der Waals surface area contributed by atoms with E-state index in [0.717, 1.165) is 53.1 Å². The highest BCUT2D eigenvalue weighted by Gasteiger charge is 2.29. The van der Waals surface area contributed by atoms with E-state index >= 15 is 0 Å². The first-order valence-corrected chi connectivity index (χ1v) is 12.2. The summed E-state index contributed by atoms with van der Waals surface area (Å²) in [4.78, 5) is 12.1. The quantitative estimate of drug-likeness (QED) is 0.531. The number of aliphatic hydroxyl groups excluding tert-OH is 2. The van der Waals surface area contributed by atoms with Gasteiger partial charge in [-0.25, -0.2) is 9.97 Å². The number of anilines is 1. The Balaban J connectivity index is 1.80. The van der Waals surface area contributed by atoms with E-state index in [0.29, 0.717) is 6.42 Å². The van der Waals surface area contributed by atoms with Gasteiger partial charge in [0.25, 0.3) is 0 Å². The number of benzene rings is 1. The molecule has 1 fully saturated rings. The van der Waals surface area contributed by atoms with E-state index in [1.807, 2.05) is 6.92 Å². The van der Waals surface area contributed by atoms with Crippen molar-refractivity contribution in [3.8, 4) is 5.69 Å². The molecule has 1 aromatic carbocycles. The Morgan fingerprint density at radius 1 is 1.06 bits per heavy atom. The lowest BCUT2D eigenvalue weighted by molar-refractivity contribution is 0.0670. The average molecular weight is 501 g/mol. The van der Waals surface area contributed by atoms with Gasteiger partial charge in [0, 0.05) is 29.9 Å². The van der Waals surface area contributed by atoms with Crippen LogP contribution >= 0.6 is 15.9 Å². The maximum absolute atomic E-state index is 10.3. The van der Waals surface area contributed by atoms with Gasteiger partial charge in [-0.15, -0.1) is 0 Å². The molecule has 0 aliphatic carbocycles. The number of fused-ring (bicyclic) bond motifs is 1. The van der Waals surface area contributed by atoms with Gasteiger partial charge < -0.3 is 15.1 Å². The van der Waals surface area contributed by atoms with Crippen LogP contribution in [0.25, 0.3) is 16.7 Å². The van der Waals surface area contributed by atoms with Crippen LogP contribution in [0.5, 0.6) is 0 Å². The largest absolute Gasteiger partial charge is 0.396 e. The summed E-state index contributed by atoms with van der Waals surface area (Å²) in [7, 11) is 0. The van der Waals surface area contributed by atoms with Crippen LogP contribution in [0, 0.1) is 40.5 Å². The summed E-state index contributed by atoms with van der Waals surface area (Å²) < 4.78 is 3.37. The molecule has 6 nitrogen and oxygen atoms in total. The van der Waals surface area contributed by atoms with E-state index in [2.05, 4.69) is 65.2 Å². The summed E-state index contributed by atoms with van der Waals surface area (Å²) in [5.74, 6) is 1.99. The van der Waals surface area contributed by atoms with Gasteiger partial charge in [0.05, 0.1) is 17.2 Å². The van der Waals surface area contributed by atoms with Crippen LogP contribution in [0.3, 0.4) is 0 Å². The minimum atomic E-state index is -0.428. The fraction of sp³-hybridized carbons (Fsp3) is 0.520. The minimum absolute atomic E-state index is 0.0357. The molecule has 172 valence electrons. The number of rotatable bonds is 5. The Labute approximate surface area is 198 Å². The van der Waals surface area contributed by atoms with Crippen LogP contribution in [-0.2, 0) is 0 Å². The van der Waals surface area contributed by atoms with Crippen LogP contribution in [0.15, 0.2) is 16.6 Å². The van der Waals surface area contributed by atoms with Crippen molar-refractivity contribution >= 4 is 32.8 Å². The number of hydrogen-bond donors (Lipinski definition) is 2. The SMILES string of the molecule is Cc1nc(N2CCC(C(O)CCO)CC2)c2c(C)c(C)n(-c3c(C)cc(Br)cc3C)c2n1. The van der Waals surface area contributed by atoms with Crippen molar-refractivity contribution in [2.45, 2.75) is 60.0 Å². The molecule has 0 amide bonds. The zero-order chi connectivity index (χ0) is 23.2. The van der Waals surface area contributed by atoms with Crippen molar-refractivity contribution < 1.29 is 10.2 Å². The van der Waals surface area contributed by atoms with Gasteiger partial charge in [0.1, 0.15) is 11.6 Å². The zero-order valence-corrected chi connectivity index (χ0v) is 21.2. The second kappa shape index (κ2) is 9.12. The molecule has 0 saturated carbocycles. The molecule has 0 spiro atoms. The van der Waals surface area contributed by atoms with E-state index in [9.17, 15) is 5.11 Å². The number of halogens is 1. The van der Waals surface area contributed by atoms with Gasteiger partial charge in [-0.3, -0.25) is 4.57 Å². The zero-order valence-electron chi connectivity index (χ0n) is 19.6. The smallest absolute Gasteiger partial charge is 0.150 e. The molecule has 3 aromatic rings. The lowest BCUT2D eigenvalue weighted by Gasteiger charge is -2.35. The summed E-state index contributed by atoms with van der Waals surface area (Å²) in [6.45, 7) is 12.3. The van der Waals surface area contributed by atoms with Gasteiger partial charge >= 0.3 is 0 Å². The maximum Gasteiger partial charge on any atom is 0.150 e. The number of aliphatic hydroxyl groups is 2. The third kappa shape index (κ3) is 4.06. The summed E-state index contributed by atoms with van der Waals surface area (Å²) >= 11 is 3.62. The molecule has 1 unspecified atom stereocenters. The number of hydrogen-bond acceptors (Lipinski definition) is 5. The summed E-state index contributed by atoms with van der Waals surface area (Å²) in [6, 6.07) is 4.31. The molecule has 2 aromatic heterocycles. The molecule has 0 bridgehead atoms. The predicted octanol–water partition coefficient (Wildman–Crippen LogP) is 4.68. The van der Waals surface area contributed by atoms with Crippen LogP contribution in [0.2, 0.25) is 0 Å². The summed E-state index contributed by atoms with van der Waals surface area (Å²) in [6.07, 6.45) is 1.82. The average Bonchev–Trinajstić information content (AvgIpc) is 2.98. The molecule has 1 aliphatic heterocycles. The van der Waals surface area contributed by atoms with Crippen LogP contribution in [0.4, 0.5) is 5.82 Å². The second-order valence-electron chi connectivity index (χ2n) is 9.13. The van der Waals surface area contributed by atoms with Crippen molar-refractivity contribution in [2.75, 3.05) is 24.6 Å². The van der Waals surface area contributed by atoms with E-state index in [4.69, 9.17) is 15.1 Å². The predicted molar refractivity (Wildman–Crippen MR) is 133 cm³/mol.